The van der Waals surface area contributed by atoms with Crippen molar-refractivity contribution < 1.29 is 28.6 Å². The van der Waals surface area contributed by atoms with Crippen LogP contribution in [0.2, 0.25) is 0 Å². The second-order valence-electron chi connectivity index (χ2n) is 9.96. The lowest BCUT2D eigenvalue weighted by Crippen LogP contribution is -2.54. The molecular weight excluding hydrogens is 514 g/mol. The average Bonchev–Trinajstić information content (AvgIpc) is 3.64. The molecule has 1 aliphatic rings. The first kappa shape index (κ1) is 26.4. The highest BCUT2D eigenvalue weighted by Gasteiger charge is 2.65. The quantitative estimate of drug-likeness (QED) is 0.275. The van der Waals surface area contributed by atoms with Gasteiger partial charge in [0.1, 0.15) is 17.0 Å². The number of carboxylic acid groups (broad SMARTS) is 1. The summed E-state index contributed by atoms with van der Waals surface area (Å²) in [4.78, 5) is 44.1. The largest absolute Gasteiger partial charge is 0.497 e. The highest BCUT2D eigenvalue weighted by molar-refractivity contribution is 7.10. The van der Waals surface area contributed by atoms with E-state index < -0.39 is 35.3 Å². The van der Waals surface area contributed by atoms with Crippen LogP contribution in [0.4, 0.5) is 0 Å². The van der Waals surface area contributed by atoms with Gasteiger partial charge in [-0.1, -0.05) is 30.3 Å². The van der Waals surface area contributed by atoms with Gasteiger partial charge in [-0.3, -0.25) is 9.59 Å². The van der Waals surface area contributed by atoms with Crippen LogP contribution >= 0.6 is 11.3 Å². The number of carboxylic acids is 1. The normalized spacial score (nSPS) is 22.6. The van der Waals surface area contributed by atoms with Gasteiger partial charge >= 0.3 is 5.97 Å². The van der Waals surface area contributed by atoms with Crippen molar-refractivity contribution in [1.82, 2.24) is 4.90 Å². The lowest BCUT2D eigenvalue weighted by Gasteiger charge is -2.38. The molecule has 1 amide bonds. The number of carbonyl (C=O) groups is 3. The first-order chi connectivity index (χ1) is 18.7. The fourth-order valence-electron chi connectivity index (χ4n) is 5.73. The van der Waals surface area contributed by atoms with E-state index in [1.54, 1.807) is 87.7 Å². The van der Waals surface area contributed by atoms with E-state index in [4.69, 9.17) is 9.15 Å². The molecule has 2 aromatic carbocycles. The van der Waals surface area contributed by atoms with Gasteiger partial charge in [-0.15, -0.1) is 11.3 Å². The third-order valence-corrected chi connectivity index (χ3v) is 8.79. The predicted octanol–water partition coefficient (Wildman–Crippen LogP) is 6.29. The number of methoxy groups -OCH3 is 1. The Hall–Kier alpha value is -4.17. The minimum atomic E-state index is -1.75. The molecular formula is C31H29NO6S. The zero-order valence-corrected chi connectivity index (χ0v) is 22.9. The predicted molar refractivity (Wildman–Crippen MR) is 147 cm³/mol. The fourth-order valence-corrected chi connectivity index (χ4v) is 6.92. The summed E-state index contributed by atoms with van der Waals surface area (Å²) in [6, 6.07) is 20.0. The number of hydrogen-bond donors (Lipinski definition) is 1. The molecule has 4 aromatic rings. The summed E-state index contributed by atoms with van der Waals surface area (Å²) in [6.07, 6.45) is 0. The zero-order valence-electron chi connectivity index (χ0n) is 22.1. The van der Waals surface area contributed by atoms with Crippen LogP contribution < -0.4 is 4.74 Å². The standard InChI is InChI=1S/C31H29NO6S/c1-18-16-17-39-28(18)25-24(27(33)23-15-10-19(2)38-23)26(20-11-13-22(37-4)14-12-20)32(31(25,3)30(35)36)29(34)21-8-6-5-7-9-21/h5-17,24-26H,1-4H3,(H,35,36). The van der Waals surface area contributed by atoms with Gasteiger partial charge in [-0.05, 0) is 79.7 Å². The van der Waals surface area contributed by atoms with Gasteiger partial charge in [-0.25, -0.2) is 4.79 Å². The first-order valence-electron chi connectivity index (χ1n) is 12.6. The number of hydrogen-bond acceptors (Lipinski definition) is 6. The van der Waals surface area contributed by atoms with E-state index in [2.05, 4.69) is 0 Å². The number of thiophene rings is 1. The lowest BCUT2D eigenvalue weighted by molar-refractivity contribution is -0.148. The van der Waals surface area contributed by atoms with Gasteiger partial charge in [0.15, 0.2) is 5.76 Å². The number of likely N-dealkylation sites (tertiary alicyclic amines) is 1. The Morgan fingerprint density at radius 2 is 1.67 bits per heavy atom. The van der Waals surface area contributed by atoms with Crippen molar-refractivity contribution in [3.63, 3.8) is 0 Å². The smallest absolute Gasteiger partial charge is 0.330 e. The third-order valence-electron chi connectivity index (χ3n) is 7.68. The molecule has 39 heavy (non-hydrogen) atoms. The second-order valence-corrected chi connectivity index (χ2v) is 10.9. The van der Waals surface area contributed by atoms with Crippen molar-refractivity contribution in [1.29, 1.82) is 0 Å². The highest BCUT2D eigenvalue weighted by atomic mass is 32.1. The number of furan rings is 1. The Morgan fingerprint density at radius 1 is 0.974 bits per heavy atom. The number of aryl methyl sites for hydroxylation is 2. The number of carbonyl (C=O) groups excluding carboxylic acids is 2. The van der Waals surface area contributed by atoms with Crippen molar-refractivity contribution in [2.45, 2.75) is 38.3 Å². The Balaban J connectivity index is 1.82. The van der Waals surface area contributed by atoms with Gasteiger partial charge < -0.3 is 19.2 Å². The van der Waals surface area contributed by atoms with Crippen LogP contribution in [0.25, 0.3) is 0 Å². The van der Waals surface area contributed by atoms with Gasteiger partial charge in [0.05, 0.1) is 19.1 Å². The van der Waals surface area contributed by atoms with E-state index in [0.717, 1.165) is 10.4 Å². The molecule has 4 atom stereocenters. The van der Waals surface area contributed by atoms with Crippen LogP contribution in [-0.2, 0) is 4.79 Å². The summed E-state index contributed by atoms with van der Waals surface area (Å²) >= 11 is 1.40. The zero-order chi connectivity index (χ0) is 27.9. The number of ether oxygens (including phenoxy) is 1. The van der Waals surface area contributed by atoms with Crippen LogP contribution in [0, 0.1) is 19.8 Å². The van der Waals surface area contributed by atoms with Crippen molar-refractivity contribution in [2.24, 2.45) is 5.92 Å². The molecule has 1 saturated heterocycles. The molecule has 0 spiro atoms. The van der Waals surface area contributed by atoms with E-state index in [1.165, 1.54) is 16.2 Å². The molecule has 1 N–H and O–H groups in total. The number of amides is 1. The molecule has 0 aliphatic carbocycles. The summed E-state index contributed by atoms with van der Waals surface area (Å²) in [5.74, 6) is -2.47. The number of Topliss-reactive ketones (excluding diaryl/α,β-unsaturated/α-hetero) is 1. The summed E-state index contributed by atoms with van der Waals surface area (Å²) in [5, 5.41) is 12.8. The summed E-state index contributed by atoms with van der Waals surface area (Å²) in [5.41, 5.74) is 0.0844. The third kappa shape index (κ3) is 4.34. The summed E-state index contributed by atoms with van der Waals surface area (Å²) in [6.45, 7) is 5.20. The molecule has 7 nitrogen and oxygen atoms in total. The first-order valence-corrected chi connectivity index (χ1v) is 13.5. The minimum absolute atomic E-state index is 0.136. The SMILES string of the molecule is COc1ccc(C2C(C(=O)c3ccc(C)o3)C(c3sccc3C)C(C)(C(=O)O)N2C(=O)c2ccccc2)cc1. The maximum Gasteiger partial charge on any atom is 0.330 e. The van der Waals surface area contributed by atoms with Crippen LogP contribution in [0.15, 0.2) is 82.6 Å². The topological polar surface area (TPSA) is 97.0 Å². The molecule has 0 bridgehead atoms. The van der Waals surface area contributed by atoms with Gasteiger partial charge in [-0.2, -0.15) is 0 Å². The number of nitrogens with zero attached hydrogens (tertiary/aromatic N) is 1. The van der Waals surface area contributed by atoms with E-state index in [0.29, 0.717) is 22.6 Å². The van der Waals surface area contributed by atoms with Crippen LogP contribution in [0.3, 0.4) is 0 Å². The Labute approximate surface area is 230 Å². The number of aliphatic carboxylic acids is 1. The van der Waals surface area contributed by atoms with Crippen molar-refractivity contribution in [3.8, 4) is 5.75 Å². The fraction of sp³-hybridized carbons (Fsp3) is 0.258. The Kier molecular flexibility index (Phi) is 6.91. The summed E-state index contributed by atoms with van der Waals surface area (Å²) in [7, 11) is 1.55. The molecule has 0 radical (unpaired) electrons. The molecule has 1 aliphatic heterocycles. The van der Waals surface area contributed by atoms with Crippen LogP contribution in [0.5, 0.6) is 5.75 Å². The van der Waals surface area contributed by atoms with E-state index in [-0.39, 0.29) is 11.5 Å². The monoisotopic (exact) mass is 543 g/mol. The van der Waals surface area contributed by atoms with E-state index in [1.807, 2.05) is 18.4 Å². The van der Waals surface area contributed by atoms with Crippen LogP contribution in [0.1, 0.15) is 61.6 Å². The molecule has 8 heteroatoms. The molecule has 5 rings (SSSR count). The minimum Gasteiger partial charge on any atom is -0.497 e. The lowest BCUT2D eigenvalue weighted by atomic mass is 9.74. The number of rotatable bonds is 7. The number of ketones is 1. The molecule has 200 valence electrons. The molecule has 4 unspecified atom stereocenters. The maximum absolute atomic E-state index is 14.4. The average molecular weight is 544 g/mol. The second kappa shape index (κ2) is 10.2. The van der Waals surface area contributed by atoms with Gasteiger partial charge in [0.25, 0.3) is 5.91 Å². The maximum atomic E-state index is 14.4. The van der Waals surface area contributed by atoms with Gasteiger partial charge in [0, 0.05) is 16.4 Å². The van der Waals surface area contributed by atoms with Crippen molar-refractivity contribution in [2.75, 3.05) is 7.11 Å². The Morgan fingerprint density at radius 3 is 2.21 bits per heavy atom. The van der Waals surface area contributed by atoms with E-state index >= 15 is 0 Å². The molecule has 2 aromatic heterocycles. The van der Waals surface area contributed by atoms with Gasteiger partial charge in [0.2, 0.25) is 5.78 Å². The molecule has 0 saturated carbocycles. The van der Waals surface area contributed by atoms with E-state index in [9.17, 15) is 19.5 Å². The summed E-state index contributed by atoms with van der Waals surface area (Å²) < 4.78 is 11.1. The Bertz CT molecular complexity index is 1520. The van der Waals surface area contributed by atoms with Crippen molar-refractivity contribution in [3.05, 3.63) is 111 Å². The molecule has 3 heterocycles. The van der Waals surface area contributed by atoms with Crippen LogP contribution in [-0.4, -0.2) is 40.3 Å². The van der Waals surface area contributed by atoms with Crippen molar-refractivity contribution >= 4 is 29.0 Å². The highest BCUT2D eigenvalue weighted by Crippen LogP contribution is 2.58. The number of benzene rings is 2. The molecule has 1 fully saturated rings.